The summed E-state index contributed by atoms with van der Waals surface area (Å²) in [5.41, 5.74) is 0.822. The molecule has 2 amide bonds. The summed E-state index contributed by atoms with van der Waals surface area (Å²) in [6, 6.07) is 12.3. The van der Waals surface area contributed by atoms with Gasteiger partial charge in [0.2, 0.25) is 0 Å². The number of rotatable bonds is 2. The lowest BCUT2D eigenvalue weighted by atomic mass is 10.1. The van der Waals surface area contributed by atoms with Gasteiger partial charge in [0.05, 0.1) is 0 Å². The van der Waals surface area contributed by atoms with Gasteiger partial charge < -0.3 is 10.6 Å². The molecule has 0 aliphatic heterocycles. The lowest BCUT2D eigenvalue weighted by molar-refractivity contribution is 0.251. The van der Waals surface area contributed by atoms with Crippen LogP contribution in [0.15, 0.2) is 40.9 Å². The molecule has 2 aromatic carbocycles. The Morgan fingerprint density at radius 3 is 2.61 bits per heavy atom. The molecule has 2 N–H and O–H groups in total. The van der Waals surface area contributed by atoms with E-state index in [9.17, 15) is 4.79 Å². The maximum Gasteiger partial charge on any atom is 0.319 e. The van der Waals surface area contributed by atoms with Crippen LogP contribution in [-0.4, -0.2) is 12.1 Å². The molecule has 1 fully saturated rings. The molecule has 1 aliphatic rings. The molecule has 3 nitrogen and oxygen atoms in total. The highest BCUT2D eigenvalue weighted by Crippen LogP contribution is 2.23. The van der Waals surface area contributed by atoms with Gasteiger partial charge in [0, 0.05) is 16.2 Å². The third kappa shape index (κ3) is 2.64. The minimum absolute atomic E-state index is 0.117. The van der Waals surface area contributed by atoms with Crippen molar-refractivity contribution < 1.29 is 4.79 Å². The highest BCUT2D eigenvalue weighted by Gasteiger charge is 2.23. The summed E-state index contributed by atoms with van der Waals surface area (Å²) in [7, 11) is 0. The number of hydrogen-bond donors (Lipinski definition) is 2. The molecule has 4 heteroatoms. The van der Waals surface area contributed by atoms with Gasteiger partial charge in [0.25, 0.3) is 0 Å². The number of carbonyl (C=O) groups is 1. The molecular weight excluding hydrogens is 292 g/mol. The topological polar surface area (TPSA) is 41.1 Å². The number of anilines is 1. The van der Waals surface area contributed by atoms with Crippen LogP contribution >= 0.6 is 15.9 Å². The third-order valence-electron chi connectivity index (χ3n) is 2.97. The number of fused-ring (bicyclic) bond motifs is 1. The monoisotopic (exact) mass is 304 g/mol. The zero-order valence-electron chi connectivity index (χ0n) is 9.74. The molecule has 0 heterocycles. The van der Waals surface area contributed by atoms with E-state index in [4.69, 9.17) is 0 Å². The number of urea groups is 1. The van der Waals surface area contributed by atoms with Crippen molar-refractivity contribution in [1.29, 1.82) is 0 Å². The van der Waals surface area contributed by atoms with Crippen molar-refractivity contribution in [3.63, 3.8) is 0 Å². The minimum atomic E-state index is -0.117. The van der Waals surface area contributed by atoms with Crippen molar-refractivity contribution in [3.05, 3.63) is 40.9 Å². The molecule has 2 aromatic rings. The van der Waals surface area contributed by atoms with Crippen LogP contribution in [0.2, 0.25) is 0 Å². The number of amides is 2. The second-order valence-electron chi connectivity index (χ2n) is 4.58. The molecule has 1 aliphatic carbocycles. The standard InChI is InChI=1S/C14H13BrN2O/c15-11-3-1-10-8-13(4-2-9(10)7-11)17-14(18)16-12-5-6-12/h1-4,7-8,12H,5-6H2,(H2,16,17,18). The Hall–Kier alpha value is -1.55. The number of hydrogen-bond acceptors (Lipinski definition) is 1. The molecule has 0 bridgehead atoms. The first-order chi connectivity index (χ1) is 8.70. The number of nitrogens with one attached hydrogen (secondary N) is 2. The fourth-order valence-corrected chi connectivity index (χ4v) is 2.25. The second-order valence-corrected chi connectivity index (χ2v) is 5.49. The van der Waals surface area contributed by atoms with Crippen LogP contribution in [0.25, 0.3) is 10.8 Å². The van der Waals surface area contributed by atoms with Crippen LogP contribution in [0.3, 0.4) is 0 Å². The van der Waals surface area contributed by atoms with Crippen molar-refractivity contribution in [1.82, 2.24) is 5.32 Å². The quantitative estimate of drug-likeness (QED) is 0.868. The van der Waals surface area contributed by atoms with E-state index in [0.717, 1.165) is 33.8 Å². The van der Waals surface area contributed by atoms with Crippen molar-refractivity contribution in [3.8, 4) is 0 Å². The minimum Gasteiger partial charge on any atom is -0.335 e. The van der Waals surface area contributed by atoms with E-state index in [1.54, 1.807) is 0 Å². The first-order valence-corrected chi connectivity index (χ1v) is 6.77. The fourth-order valence-electron chi connectivity index (χ4n) is 1.87. The first kappa shape index (κ1) is 11.5. The lowest BCUT2D eigenvalue weighted by Gasteiger charge is -2.07. The van der Waals surface area contributed by atoms with Gasteiger partial charge in [-0.3, -0.25) is 0 Å². The summed E-state index contributed by atoms with van der Waals surface area (Å²) in [5, 5.41) is 8.02. The highest BCUT2D eigenvalue weighted by molar-refractivity contribution is 9.10. The maximum absolute atomic E-state index is 11.6. The van der Waals surface area contributed by atoms with Gasteiger partial charge in [-0.15, -0.1) is 0 Å². The van der Waals surface area contributed by atoms with E-state index < -0.39 is 0 Å². The molecule has 0 atom stereocenters. The summed E-state index contributed by atoms with van der Waals surface area (Å²) in [4.78, 5) is 11.6. The zero-order valence-corrected chi connectivity index (χ0v) is 11.3. The van der Waals surface area contributed by atoms with Crippen LogP contribution in [-0.2, 0) is 0 Å². The van der Waals surface area contributed by atoms with E-state index in [2.05, 4.69) is 32.6 Å². The van der Waals surface area contributed by atoms with Gasteiger partial charge in [-0.05, 0) is 47.9 Å². The Balaban J connectivity index is 1.79. The Labute approximate surface area is 114 Å². The SMILES string of the molecule is O=C(Nc1ccc2cc(Br)ccc2c1)NC1CC1. The van der Waals surface area contributed by atoms with Gasteiger partial charge >= 0.3 is 6.03 Å². The van der Waals surface area contributed by atoms with Gasteiger partial charge in [-0.25, -0.2) is 4.79 Å². The molecule has 0 saturated heterocycles. The predicted molar refractivity (Wildman–Crippen MR) is 76.8 cm³/mol. The summed E-state index contributed by atoms with van der Waals surface area (Å²) < 4.78 is 1.06. The second kappa shape index (κ2) is 4.61. The molecule has 18 heavy (non-hydrogen) atoms. The first-order valence-electron chi connectivity index (χ1n) is 5.97. The van der Waals surface area contributed by atoms with Crippen molar-refractivity contribution in [2.45, 2.75) is 18.9 Å². The van der Waals surface area contributed by atoms with E-state index in [1.165, 1.54) is 0 Å². The number of carbonyl (C=O) groups excluding carboxylic acids is 1. The molecule has 0 unspecified atom stereocenters. The molecule has 92 valence electrons. The van der Waals surface area contributed by atoms with Gasteiger partial charge in [-0.2, -0.15) is 0 Å². The molecule has 0 spiro atoms. The Bertz CT molecular complexity index is 608. The largest absolute Gasteiger partial charge is 0.335 e. The Kier molecular flexibility index (Phi) is 2.96. The smallest absolute Gasteiger partial charge is 0.319 e. The average molecular weight is 305 g/mol. The lowest BCUT2D eigenvalue weighted by Crippen LogP contribution is -2.30. The molecule has 0 radical (unpaired) electrons. The summed E-state index contributed by atoms with van der Waals surface area (Å²) in [5.74, 6) is 0. The van der Waals surface area contributed by atoms with Gasteiger partial charge in [-0.1, -0.05) is 28.1 Å². The zero-order chi connectivity index (χ0) is 12.5. The Morgan fingerprint density at radius 2 is 1.83 bits per heavy atom. The summed E-state index contributed by atoms with van der Waals surface area (Å²) in [6.07, 6.45) is 2.19. The van der Waals surface area contributed by atoms with Crippen molar-refractivity contribution in [2.75, 3.05) is 5.32 Å². The predicted octanol–water partition coefficient (Wildman–Crippen LogP) is 3.89. The van der Waals surface area contributed by atoms with Crippen LogP contribution in [0.4, 0.5) is 10.5 Å². The van der Waals surface area contributed by atoms with Crippen molar-refractivity contribution in [2.24, 2.45) is 0 Å². The molecule has 0 aromatic heterocycles. The van der Waals surface area contributed by atoms with E-state index >= 15 is 0 Å². The molecule has 1 saturated carbocycles. The normalized spacial score (nSPS) is 14.5. The maximum atomic E-state index is 11.6. The van der Waals surface area contributed by atoms with Crippen LogP contribution in [0, 0.1) is 0 Å². The van der Waals surface area contributed by atoms with E-state index in [1.807, 2.05) is 30.3 Å². The van der Waals surface area contributed by atoms with E-state index in [-0.39, 0.29) is 6.03 Å². The van der Waals surface area contributed by atoms with Gasteiger partial charge in [0.1, 0.15) is 0 Å². The van der Waals surface area contributed by atoms with Gasteiger partial charge in [0.15, 0.2) is 0 Å². The van der Waals surface area contributed by atoms with E-state index in [0.29, 0.717) is 6.04 Å². The highest BCUT2D eigenvalue weighted by atomic mass is 79.9. The van der Waals surface area contributed by atoms with Crippen LogP contribution < -0.4 is 10.6 Å². The molecular formula is C14H13BrN2O. The summed E-state index contributed by atoms with van der Waals surface area (Å²) >= 11 is 3.45. The molecule has 3 rings (SSSR count). The fraction of sp³-hybridized carbons (Fsp3) is 0.214. The number of halogens is 1. The Morgan fingerprint density at radius 1 is 1.11 bits per heavy atom. The van der Waals surface area contributed by atoms with Crippen LogP contribution in [0.5, 0.6) is 0 Å². The van der Waals surface area contributed by atoms with Crippen molar-refractivity contribution >= 4 is 38.4 Å². The third-order valence-corrected chi connectivity index (χ3v) is 3.47. The van der Waals surface area contributed by atoms with Crippen LogP contribution in [0.1, 0.15) is 12.8 Å². The number of benzene rings is 2. The average Bonchev–Trinajstić information content (AvgIpc) is 3.13. The summed E-state index contributed by atoms with van der Waals surface area (Å²) in [6.45, 7) is 0.